The first kappa shape index (κ1) is 15.8. The molecule has 2 heterocycles. The normalized spacial score (nSPS) is 13.5. The van der Waals surface area contributed by atoms with Gasteiger partial charge in [-0.3, -0.25) is 4.79 Å². The Hall–Kier alpha value is -1.61. The standard InChI is InChI=1S/C16H20N2O.C2H6/c1-3-12-5-4-6-13-14-9-17-8-7-15(14)18(16(12)13)10-11(2)19;1-2/h4-6,17H,3,7-10H2,1-2H3;1-2H3. The second kappa shape index (κ2) is 6.90. The van der Waals surface area contributed by atoms with Crippen molar-refractivity contribution in [3.63, 3.8) is 0 Å². The van der Waals surface area contributed by atoms with Crippen molar-refractivity contribution in [3.05, 3.63) is 35.0 Å². The Morgan fingerprint density at radius 3 is 2.76 bits per heavy atom. The Morgan fingerprint density at radius 1 is 1.33 bits per heavy atom. The van der Waals surface area contributed by atoms with E-state index in [1.54, 1.807) is 6.92 Å². The zero-order chi connectivity index (χ0) is 15.4. The minimum absolute atomic E-state index is 0.226. The molecule has 1 aromatic carbocycles. The van der Waals surface area contributed by atoms with E-state index >= 15 is 0 Å². The van der Waals surface area contributed by atoms with Gasteiger partial charge in [0.25, 0.3) is 0 Å². The highest BCUT2D eigenvalue weighted by Gasteiger charge is 2.21. The first-order chi connectivity index (χ1) is 10.2. The van der Waals surface area contributed by atoms with Crippen LogP contribution in [-0.4, -0.2) is 16.9 Å². The molecular formula is C18H26N2O. The lowest BCUT2D eigenvalue weighted by Gasteiger charge is -2.16. The first-order valence-electron chi connectivity index (χ1n) is 8.04. The Kier molecular flexibility index (Phi) is 5.18. The third kappa shape index (κ3) is 2.88. The molecule has 0 radical (unpaired) electrons. The summed E-state index contributed by atoms with van der Waals surface area (Å²) in [4.78, 5) is 11.6. The molecule has 1 aliphatic rings. The molecule has 3 rings (SSSR count). The van der Waals surface area contributed by atoms with Crippen molar-refractivity contribution < 1.29 is 4.79 Å². The summed E-state index contributed by atoms with van der Waals surface area (Å²) in [6.45, 7) is 10.3. The summed E-state index contributed by atoms with van der Waals surface area (Å²) in [7, 11) is 0. The van der Waals surface area contributed by atoms with E-state index in [1.807, 2.05) is 13.8 Å². The van der Waals surface area contributed by atoms with Crippen LogP contribution in [0.5, 0.6) is 0 Å². The largest absolute Gasteiger partial charge is 0.337 e. The van der Waals surface area contributed by atoms with Crippen LogP contribution >= 0.6 is 0 Å². The van der Waals surface area contributed by atoms with E-state index in [1.165, 1.54) is 27.7 Å². The van der Waals surface area contributed by atoms with Gasteiger partial charge < -0.3 is 9.88 Å². The number of nitrogens with zero attached hydrogens (tertiary/aromatic N) is 1. The van der Waals surface area contributed by atoms with Gasteiger partial charge in [-0.15, -0.1) is 0 Å². The molecule has 2 aromatic rings. The van der Waals surface area contributed by atoms with Crippen LogP contribution in [0.3, 0.4) is 0 Å². The Bertz CT molecular complexity index is 640. The summed E-state index contributed by atoms with van der Waals surface area (Å²) in [6, 6.07) is 6.50. The van der Waals surface area contributed by atoms with E-state index in [0.29, 0.717) is 6.54 Å². The molecule has 1 aromatic heterocycles. The summed E-state index contributed by atoms with van der Waals surface area (Å²) in [5.41, 5.74) is 5.35. The van der Waals surface area contributed by atoms with E-state index in [0.717, 1.165) is 25.9 Å². The number of fused-ring (bicyclic) bond motifs is 3. The molecule has 0 aliphatic carbocycles. The van der Waals surface area contributed by atoms with E-state index < -0.39 is 0 Å². The molecule has 21 heavy (non-hydrogen) atoms. The monoisotopic (exact) mass is 286 g/mol. The predicted molar refractivity (Wildman–Crippen MR) is 88.8 cm³/mol. The van der Waals surface area contributed by atoms with Gasteiger partial charge in [-0.25, -0.2) is 0 Å². The zero-order valence-corrected chi connectivity index (χ0v) is 13.6. The number of para-hydroxylation sites is 1. The van der Waals surface area contributed by atoms with Gasteiger partial charge in [0.2, 0.25) is 0 Å². The van der Waals surface area contributed by atoms with Crippen LogP contribution in [0.15, 0.2) is 18.2 Å². The highest BCUT2D eigenvalue weighted by molar-refractivity contribution is 5.90. The number of nitrogens with one attached hydrogen (secondary N) is 1. The van der Waals surface area contributed by atoms with Crippen LogP contribution in [0.25, 0.3) is 10.9 Å². The topological polar surface area (TPSA) is 34.0 Å². The Labute approximate surface area is 127 Å². The maximum absolute atomic E-state index is 11.6. The zero-order valence-electron chi connectivity index (χ0n) is 13.6. The summed E-state index contributed by atoms with van der Waals surface area (Å²) in [5, 5.41) is 4.76. The number of rotatable bonds is 3. The molecule has 1 N–H and O–H groups in total. The van der Waals surface area contributed by atoms with Gasteiger partial charge in [0.05, 0.1) is 12.1 Å². The smallest absolute Gasteiger partial charge is 0.149 e. The van der Waals surface area contributed by atoms with Crippen LogP contribution in [0.1, 0.15) is 44.5 Å². The number of aromatic nitrogens is 1. The molecule has 0 fully saturated rings. The fourth-order valence-electron chi connectivity index (χ4n) is 3.19. The number of ketones is 1. The number of hydrogen-bond acceptors (Lipinski definition) is 2. The molecule has 0 amide bonds. The molecule has 0 unspecified atom stereocenters. The van der Waals surface area contributed by atoms with E-state index in [4.69, 9.17) is 0 Å². The van der Waals surface area contributed by atoms with Crippen molar-refractivity contribution in [3.8, 4) is 0 Å². The van der Waals surface area contributed by atoms with Crippen LogP contribution in [0.2, 0.25) is 0 Å². The van der Waals surface area contributed by atoms with Gasteiger partial charge in [0.15, 0.2) is 0 Å². The average Bonchev–Trinajstić information content (AvgIpc) is 2.83. The number of hydrogen-bond donors (Lipinski definition) is 1. The third-order valence-electron chi connectivity index (χ3n) is 3.99. The highest BCUT2D eigenvalue weighted by Crippen LogP contribution is 2.31. The van der Waals surface area contributed by atoms with Crippen molar-refractivity contribution in [2.45, 2.75) is 53.6 Å². The fraction of sp³-hybridized carbons (Fsp3) is 0.500. The van der Waals surface area contributed by atoms with Gasteiger partial charge in [-0.2, -0.15) is 0 Å². The number of benzene rings is 1. The van der Waals surface area contributed by atoms with Gasteiger partial charge in [0, 0.05) is 30.6 Å². The maximum Gasteiger partial charge on any atom is 0.149 e. The molecular weight excluding hydrogens is 260 g/mol. The van der Waals surface area contributed by atoms with E-state index in [2.05, 4.69) is 35.0 Å². The first-order valence-corrected chi connectivity index (χ1v) is 8.04. The second-order valence-electron chi connectivity index (χ2n) is 5.31. The minimum Gasteiger partial charge on any atom is -0.337 e. The molecule has 0 bridgehead atoms. The van der Waals surface area contributed by atoms with Gasteiger partial charge in [0.1, 0.15) is 5.78 Å². The van der Waals surface area contributed by atoms with Crippen molar-refractivity contribution >= 4 is 16.7 Å². The van der Waals surface area contributed by atoms with Crippen molar-refractivity contribution in [2.75, 3.05) is 6.54 Å². The summed E-state index contributed by atoms with van der Waals surface area (Å²) in [6.07, 6.45) is 2.02. The molecule has 0 saturated heterocycles. The molecule has 0 saturated carbocycles. The van der Waals surface area contributed by atoms with E-state index in [-0.39, 0.29) is 5.78 Å². The van der Waals surface area contributed by atoms with Crippen LogP contribution in [-0.2, 0) is 30.7 Å². The molecule has 3 heteroatoms. The summed E-state index contributed by atoms with van der Waals surface area (Å²) < 4.78 is 2.26. The van der Waals surface area contributed by atoms with Gasteiger partial charge >= 0.3 is 0 Å². The van der Waals surface area contributed by atoms with Gasteiger partial charge in [-0.05, 0) is 24.5 Å². The number of carbonyl (C=O) groups is 1. The molecule has 114 valence electrons. The van der Waals surface area contributed by atoms with Crippen molar-refractivity contribution in [1.82, 2.24) is 9.88 Å². The predicted octanol–water partition coefficient (Wildman–Crippen LogP) is 3.46. The fourth-order valence-corrected chi connectivity index (χ4v) is 3.19. The average molecular weight is 286 g/mol. The second-order valence-corrected chi connectivity index (χ2v) is 5.31. The molecule has 0 atom stereocenters. The SMILES string of the molecule is CC.CCc1cccc2c3c(n(CC(C)=O)c12)CCNC3. The highest BCUT2D eigenvalue weighted by atomic mass is 16.1. The van der Waals surface area contributed by atoms with Crippen molar-refractivity contribution in [2.24, 2.45) is 0 Å². The summed E-state index contributed by atoms with van der Waals surface area (Å²) in [5.74, 6) is 0.226. The molecule has 3 nitrogen and oxygen atoms in total. The van der Waals surface area contributed by atoms with Crippen molar-refractivity contribution in [1.29, 1.82) is 0 Å². The Balaban J connectivity index is 0.000000774. The molecule has 0 spiro atoms. The quantitative estimate of drug-likeness (QED) is 0.937. The number of Topliss-reactive ketones (excluding diaryl/α,β-unsaturated/α-hetero) is 1. The molecule has 1 aliphatic heterocycles. The maximum atomic E-state index is 11.6. The summed E-state index contributed by atoms with van der Waals surface area (Å²) >= 11 is 0. The minimum atomic E-state index is 0.226. The lowest BCUT2D eigenvalue weighted by molar-refractivity contribution is -0.117. The van der Waals surface area contributed by atoms with Crippen LogP contribution in [0, 0.1) is 0 Å². The third-order valence-corrected chi connectivity index (χ3v) is 3.99. The lowest BCUT2D eigenvalue weighted by atomic mass is 10.0. The van der Waals surface area contributed by atoms with Gasteiger partial charge in [-0.1, -0.05) is 39.0 Å². The lowest BCUT2D eigenvalue weighted by Crippen LogP contribution is -2.25. The number of aryl methyl sites for hydroxylation is 1. The van der Waals surface area contributed by atoms with Crippen LogP contribution in [0.4, 0.5) is 0 Å². The number of carbonyl (C=O) groups excluding carboxylic acids is 1. The Morgan fingerprint density at radius 2 is 2.10 bits per heavy atom. The van der Waals surface area contributed by atoms with Crippen LogP contribution < -0.4 is 5.32 Å². The van der Waals surface area contributed by atoms with E-state index in [9.17, 15) is 4.79 Å².